The van der Waals surface area contributed by atoms with Crippen molar-refractivity contribution in [3.63, 3.8) is 0 Å². The van der Waals surface area contributed by atoms with E-state index in [4.69, 9.17) is 9.47 Å². The molecule has 0 aromatic heterocycles. The molecule has 0 aliphatic rings. The van der Waals surface area contributed by atoms with Crippen molar-refractivity contribution >= 4 is 5.78 Å². The van der Waals surface area contributed by atoms with E-state index in [2.05, 4.69) is 0 Å². The standard InChI is InChI=1S/C13H16O3/c1-9(2)7-12(14)11-6-5-10(15-3)8-13(11)16-4/h5-8H,1-4H3. The Kier molecular flexibility index (Phi) is 4.11. The third kappa shape index (κ3) is 2.86. The molecule has 1 rings (SSSR count). The lowest BCUT2D eigenvalue weighted by Crippen LogP contribution is -2.00. The van der Waals surface area contributed by atoms with Crippen molar-refractivity contribution < 1.29 is 14.3 Å². The van der Waals surface area contributed by atoms with Crippen LogP contribution >= 0.6 is 0 Å². The van der Waals surface area contributed by atoms with Gasteiger partial charge in [-0.25, -0.2) is 0 Å². The third-order valence-electron chi connectivity index (χ3n) is 2.09. The Morgan fingerprint density at radius 2 is 1.88 bits per heavy atom. The molecule has 0 unspecified atom stereocenters. The van der Waals surface area contributed by atoms with Crippen molar-refractivity contribution in [3.8, 4) is 11.5 Å². The van der Waals surface area contributed by atoms with Gasteiger partial charge in [0, 0.05) is 6.07 Å². The van der Waals surface area contributed by atoms with E-state index in [0.29, 0.717) is 17.1 Å². The van der Waals surface area contributed by atoms with E-state index in [1.165, 1.54) is 7.11 Å². The highest BCUT2D eigenvalue weighted by atomic mass is 16.5. The first-order valence-corrected chi connectivity index (χ1v) is 4.99. The Labute approximate surface area is 95.7 Å². The van der Waals surface area contributed by atoms with Crippen molar-refractivity contribution in [2.24, 2.45) is 0 Å². The number of benzene rings is 1. The highest BCUT2D eigenvalue weighted by Crippen LogP contribution is 2.25. The summed E-state index contributed by atoms with van der Waals surface area (Å²) in [4.78, 5) is 11.8. The number of hydrogen-bond acceptors (Lipinski definition) is 3. The molecule has 0 spiro atoms. The van der Waals surface area contributed by atoms with Gasteiger partial charge in [0.2, 0.25) is 0 Å². The van der Waals surface area contributed by atoms with E-state index in [0.717, 1.165) is 5.57 Å². The van der Waals surface area contributed by atoms with Crippen LogP contribution in [-0.2, 0) is 0 Å². The summed E-state index contributed by atoms with van der Waals surface area (Å²) >= 11 is 0. The van der Waals surface area contributed by atoms with Crippen LogP contribution in [0, 0.1) is 0 Å². The number of hydrogen-bond donors (Lipinski definition) is 0. The summed E-state index contributed by atoms with van der Waals surface area (Å²) in [5.74, 6) is 1.15. The number of ether oxygens (including phenoxy) is 2. The minimum absolute atomic E-state index is 0.0560. The molecule has 0 aliphatic carbocycles. The van der Waals surface area contributed by atoms with Crippen LogP contribution in [0.25, 0.3) is 0 Å². The molecule has 0 bridgehead atoms. The molecule has 0 fully saturated rings. The van der Waals surface area contributed by atoms with Crippen molar-refractivity contribution in [3.05, 3.63) is 35.4 Å². The molecular formula is C13H16O3. The topological polar surface area (TPSA) is 35.5 Å². The first-order valence-electron chi connectivity index (χ1n) is 4.99. The Morgan fingerprint density at radius 3 is 2.38 bits per heavy atom. The summed E-state index contributed by atoms with van der Waals surface area (Å²) in [5.41, 5.74) is 1.51. The smallest absolute Gasteiger partial charge is 0.189 e. The molecule has 1 aromatic carbocycles. The number of methoxy groups -OCH3 is 2. The molecule has 0 radical (unpaired) electrons. The van der Waals surface area contributed by atoms with Crippen LogP contribution in [0.4, 0.5) is 0 Å². The third-order valence-corrected chi connectivity index (χ3v) is 2.09. The van der Waals surface area contributed by atoms with Crippen LogP contribution in [-0.4, -0.2) is 20.0 Å². The van der Waals surface area contributed by atoms with E-state index >= 15 is 0 Å². The SMILES string of the molecule is COc1ccc(C(=O)C=C(C)C)c(OC)c1. The zero-order valence-electron chi connectivity index (χ0n) is 10.0. The van der Waals surface area contributed by atoms with Crippen molar-refractivity contribution in [1.82, 2.24) is 0 Å². The molecule has 1 aromatic rings. The predicted molar refractivity (Wildman–Crippen MR) is 63.3 cm³/mol. The summed E-state index contributed by atoms with van der Waals surface area (Å²) in [5, 5.41) is 0. The van der Waals surface area contributed by atoms with Crippen LogP contribution in [0.3, 0.4) is 0 Å². The highest BCUT2D eigenvalue weighted by molar-refractivity contribution is 6.06. The Hall–Kier alpha value is -1.77. The predicted octanol–water partition coefficient (Wildman–Crippen LogP) is 2.85. The largest absolute Gasteiger partial charge is 0.497 e. The fourth-order valence-electron chi connectivity index (χ4n) is 1.34. The van der Waals surface area contributed by atoms with E-state index in [9.17, 15) is 4.79 Å². The summed E-state index contributed by atoms with van der Waals surface area (Å²) < 4.78 is 10.2. The summed E-state index contributed by atoms with van der Waals surface area (Å²) in [6, 6.07) is 5.15. The fourth-order valence-corrected chi connectivity index (χ4v) is 1.34. The van der Waals surface area contributed by atoms with Gasteiger partial charge < -0.3 is 9.47 Å². The van der Waals surface area contributed by atoms with Gasteiger partial charge in [0.05, 0.1) is 19.8 Å². The number of carbonyl (C=O) groups excluding carboxylic acids is 1. The number of carbonyl (C=O) groups is 1. The normalized spacial score (nSPS) is 9.50. The minimum atomic E-state index is -0.0560. The molecule has 3 nitrogen and oxygen atoms in total. The average Bonchev–Trinajstić information content (AvgIpc) is 2.27. The molecule has 0 atom stereocenters. The van der Waals surface area contributed by atoms with E-state index in [-0.39, 0.29) is 5.78 Å². The van der Waals surface area contributed by atoms with Crippen LogP contribution in [0.1, 0.15) is 24.2 Å². The van der Waals surface area contributed by atoms with Gasteiger partial charge in [-0.15, -0.1) is 0 Å². The Bertz CT molecular complexity index is 415. The monoisotopic (exact) mass is 220 g/mol. The van der Waals surface area contributed by atoms with Gasteiger partial charge in [-0.2, -0.15) is 0 Å². The quantitative estimate of drug-likeness (QED) is 0.578. The maximum absolute atomic E-state index is 11.8. The lowest BCUT2D eigenvalue weighted by Gasteiger charge is -2.08. The maximum Gasteiger partial charge on any atom is 0.189 e. The van der Waals surface area contributed by atoms with Gasteiger partial charge in [-0.3, -0.25) is 4.79 Å². The van der Waals surface area contributed by atoms with Crippen molar-refractivity contribution in [2.45, 2.75) is 13.8 Å². The molecule has 0 amide bonds. The lowest BCUT2D eigenvalue weighted by molar-refractivity contribution is 0.104. The van der Waals surface area contributed by atoms with Gasteiger partial charge in [0.25, 0.3) is 0 Å². The van der Waals surface area contributed by atoms with Gasteiger partial charge >= 0.3 is 0 Å². The Balaban J connectivity index is 3.14. The van der Waals surface area contributed by atoms with Crippen LogP contribution in [0.15, 0.2) is 29.8 Å². The second kappa shape index (κ2) is 5.35. The van der Waals surface area contributed by atoms with Gasteiger partial charge in [-0.1, -0.05) is 5.57 Å². The van der Waals surface area contributed by atoms with E-state index in [1.54, 1.807) is 31.4 Å². The van der Waals surface area contributed by atoms with E-state index < -0.39 is 0 Å². The van der Waals surface area contributed by atoms with Crippen LogP contribution in [0.2, 0.25) is 0 Å². The molecule has 0 saturated carbocycles. The minimum Gasteiger partial charge on any atom is -0.497 e. The molecule has 0 aliphatic heterocycles. The summed E-state index contributed by atoms with van der Waals surface area (Å²) in [6.45, 7) is 3.77. The van der Waals surface area contributed by atoms with Crippen LogP contribution in [0.5, 0.6) is 11.5 Å². The molecule has 3 heteroatoms. The van der Waals surface area contributed by atoms with E-state index in [1.807, 2.05) is 13.8 Å². The zero-order chi connectivity index (χ0) is 12.1. The zero-order valence-corrected chi connectivity index (χ0v) is 10.0. The molecule has 0 N–H and O–H groups in total. The summed E-state index contributed by atoms with van der Waals surface area (Å²) in [6.07, 6.45) is 1.59. The second-order valence-electron chi connectivity index (χ2n) is 3.65. The highest BCUT2D eigenvalue weighted by Gasteiger charge is 2.10. The van der Waals surface area contributed by atoms with Gasteiger partial charge in [-0.05, 0) is 32.1 Å². The first-order chi connectivity index (χ1) is 7.58. The van der Waals surface area contributed by atoms with Crippen molar-refractivity contribution in [1.29, 1.82) is 0 Å². The number of rotatable bonds is 4. The summed E-state index contributed by atoms with van der Waals surface area (Å²) in [7, 11) is 3.11. The second-order valence-corrected chi connectivity index (χ2v) is 3.65. The molecule has 86 valence electrons. The molecular weight excluding hydrogens is 204 g/mol. The van der Waals surface area contributed by atoms with Gasteiger partial charge in [0.1, 0.15) is 11.5 Å². The number of ketones is 1. The average molecular weight is 220 g/mol. The first kappa shape index (κ1) is 12.3. The van der Waals surface area contributed by atoms with Gasteiger partial charge in [0.15, 0.2) is 5.78 Å². The molecule has 0 heterocycles. The number of allylic oxidation sites excluding steroid dienone is 2. The maximum atomic E-state index is 11.8. The Morgan fingerprint density at radius 1 is 1.19 bits per heavy atom. The molecule has 16 heavy (non-hydrogen) atoms. The van der Waals surface area contributed by atoms with Crippen LogP contribution < -0.4 is 9.47 Å². The van der Waals surface area contributed by atoms with Crippen molar-refractivity contribution in [2.75, 3.05) is 14.2 Å². The fraction of sp³-hybridized carbons (Fsp3) is 0.308. The lowest BCUT2D eigenvalue weighted by atomic mass is 10.1. The molecule has 0 saturated heterocycles.